The molecule has 1 amide bonds. The Labute approximate surface area is 310 Å². The van der Waals surface area contributed by atoms with Gasteiger partial charge in [-0.3, -0.25) is 29.2 Å². The number of hydrogen-bond donors (Lipinski definition) is 2. The fourth-order valence-corrected chi connectivity index (χ4v) is 6.08. The molecule has 0 aromatic heterocycles. The first kappa shape index (κ1) is 42.7. The van der Waals surface area contributed by atoms with Gasteiger partial charge in [0.2, 0.25) is 0 Å². The predicted molar refractivity (Wildman–Crippen MR) is 180 cm³/mol. The van der Waals surface area contributed by atoms with Crippen LogP contribution in [-0.2, 0) is 25.6 Å². The summed E-state index contributed by atoms with van der Waals surface area (Å²) >= 11 is 6.29. The summed E-state index contributed by atoms with van der Waals surface area (Å²) in [6.45, 7) is 1.97. The van der Waals surface area contributed by atoms with Gasteiger partial charge in [0.25, 0.3) is 5.91 Å². The van der Waals surface area contributed by atoms with Crippen molar-refractivity contribution in [3.05, 3.63) is 69.7 Å². The molecule has 1 fully saturated rings. The minimum Gasteiger partial charge on any atom is -0.549 e. The molecule has 2 N–H and O–H groups in total. The molecule has 268 valence electrons. The van der Waals surface area contributed by atoms with E-state index < -0.39 is 49.6 Å². The number of carbonyl (C=O) groups is 5. The number of amides is 1. The summed E-state index contributed by atoms with van der Waals surface area (Å²) in [5.74, 6) is -5.40. The van der Waals surface area contributed by atoms with Crippen LogP contribution < -0.4 is 20.6 Å². The van der Waals surface area contributed by atoms with Gasteiger partial charge in [-0.15, -0.1) is 0 Å². The topological polar surface area (TPSA) is 200 Å². The molecular formula is C34H43ClGaN5O9. The molecule has 1 aliphatic heterocycles. The van der Waals surface area contributed by atoms with E-state index >= 15 is 0 Å². The van der Waals surface area contributed by atoms with Crippen LogP contribution in [0.4, 0.5) is 0 Å². The third-order valence-corrected chi connectivity index (χ3v) is 9.03. The van der Waals surface area contributed by atoms with E-state index in [0.29, 0.717) is 23.4 Å². The van der Waals surface area contributed by atoms with Crippen molar-refractivity contribution in [2.45, 2.75) is 32.2 Å². The van der Waals surface area contributed by atoms with Gasteiger partial charge in [-0.2, -0.15) is 0 Å². The SMILES string of the molecule is Cc1c(Cl)cccc1Cc1ccccc1C(=O)NCCCC(C(=O)O)N1CCN(CC(=O)[O-])CCN(CC(=O)[O-])CCN(CC(=O)[O-])CC1.[Ga+3]. The van der Waals surface area contributed by atoms with Crippen LogP contribution >= 0.6 is 11.6 Å². The number of halogens is 1. The Balaban J connectivity index is 0.00000867. The number of aliphatic carboxylic acids is 4. The number of benzene rings is 2. The summed E-state index contributed by atoms with van der Waals surface area (Å²) in [6, 6.07) is 11.9. The molecule has 1 atom stereocenters. The van der Waals surface area contributed by atoms with Crippen molar-refractivity contribution in [1.82, 2.24) is 24.9 Å². The maximum Gasteiger partial charge on any atom is 3.00 e. The molecule has 0 radical (unpaired) electrons. The molecule has 3 rings (SSSR count). The summed E-state index contributed by atoms with van der Waals surface area (Å²) in [6.07, 6.45) is 0.975. The zero-order valence-corrected chi connectivity index (χ0v) is 31.4. The van der Waals surface area contributed by atoms with Gasteiger partial charge in [-0.05, 0) is 55.0 Å². The van der Waals surface area contributed by atoms with E-state index in [2.05, 4.69) is 5.32 Å². The summed E-state index contributed by atoms with van der Waals surface area (Å²) in [4.78, 5) is 66.2. The summed E-state index contributed by atoms with van der Waals surface area (Å²) in [7, 11) is 0. The molecule has 14 nitrogen and oxygen atoms in total. The molecule has 0 spiro atoms. The van der Waals surface area contributed by atoms with E-state index in [1.54, 1.807) is 26.8 Å². The quantitative estimate of drug-likeness (QED) is 0.140. The Hall–Kier alpha value is -3.44. The van der Waals surface area contributed by atoms with Crippen molar-refractivity contribution in [1.29, 1.82) is 0 Å². The number of carboxylic acid groups (broad SMARTS) is 4. The van der Waals surface area contributed by atoms with Crippen molar-refractivity contribution in [2.24, 2.45) is 0 Å². The Bertz CT molecular complexity index is 1430. The first-order chi connectivity index (χ1) is 23.3. The predicted octanol–water partition coefficient (Wildman–Crippen LogP) is -2.71. The van der Waals surface area contributed by atoms with Crippen LogP contribution in [-0.4, -0.2) is 159 Å². The molecule has 16 heteroatoms. The molecule has 2 aromatic carbocycles. The van der Waals surface area contributed by atoms with Crippen molar-refractivity contribution in [3.8, 4) is 0 Å². The fraction of sp³-hybridized carbons (Fsp3) is 0.500. The van der Waals surface area contributed by atoms with Gasteiger partial charge in [0, 0.05) is 89.1 Å². The summed E-state index contributed by atoms with van der Waals surface area (Å²) in [5, 5.41) is 48.0. The van der Waals surface area contributed by atoms with Crippen LogP contribution in [0.2, 0.25) is 5.02 Å². The Kier molecular flexibility index (Phi) is 18.5. The van der Waals surface area contributed by atoms with Gasteiger partial charge in [0.15, 0.2) is 0 Å². The van der Waals surface area contributed by atoms with Gasteiger partial charge in [0.05, 0.1) is 17.9 Å². The van der Waals surface area contributed by atoms with Crippen molar-refractivity contribution >= 4 is 61.2 Å². The number of rotatable bonds is 15. The minimum absolute atomic E-state index is 0. The molecular weight excluding hydrogens is 728 g/mol. The van der Waals surface area contributed by atoms with E-state index in [1.165, 1.54) is 4.90 Å². The molecule has 0 saturated carbocycles. The Morgan fingerprint density at radius 2 is 1.24 bits per heavy atom. The first-order valence-electron chi connectivity index (χ1n) is 16.2. The third-order valence-electron chi connectivity index (χ3n) is 8.62. The second kappa shape index (κ2) is 21.7. The molecule has 1 heterocycles. The second-order valence-corrected chi connectivity index (χ2v) is 12.5. The van der Waals surface area contributed by atoms with E-state index in [4.69, 9.17) is 11.6 Å². The van der Waals surface area contributed by atoms with Gasteiger partial charge < -0.3 is 40.1 Å². The van der Waals surface area contributed by atoms with Gasteiger partial charge in [-0.1, -0.05) is 41.9 Å². The molecule has 1 unspecified atom stereocenters. The summed E-state index contributed by atoms with van der Waals surface area (Å²) < 4.78 is 0. The third kappa shape index (κ3) is 14.4. The van der Waals surface area contributed by atoms with Crippen LogP contribution in [0.15, 0.2) is 42.5 Å². The zero-order chi connectivity index (χ0) is 35.9. The number of carboxylic acids is 4. The molecule has 0 aliphatic carbocycles. The van der Waals surface area contributed by atoms with E-state index in [-0.39, 0.29) is 91.0 Å². The van der Waals surface area contributed by atoms with E-state index in [1.807, 2.05) is 37.3 Å². The fourth-order valence-electron chi connectivity index (χ4n) is 5.89. The average molecular weight is 771 g/mol. The van der Waals surface area contributed by atoms with Crippen LogP contribution in [0.5, 0.6) is 0 Å². The maximum atomic E-state index is 13.2. The molecule has 0 bridgehead atoms. The van der Waals surface area contributed by atoms with Crippen LogP contribution in [0, 0.1) is 6.92 Å². The largest absolute Gasteiger partial charge is 3.00 e. The minimum atomic E-state index is -1.33. The van der Waals surface area contributed by atoms with Gasteiger partial charge in [0.1, 0.15) is 6.04 Å². The normalized spacial score (nSPS) is 16.3. The Morgan fingerprint density at radius 1 is 0.760 bits per heavy atom. The molecule has 50 heavy (non-hydrogen) atoms. The standard InChI is InChI=1S/C34H46ClN5O9.Ga/c1-24-25(7-4-9-28(24)35)20-26-6-2-3-8-27(26)33(47)36-11-5-10-29(34(48)49)40-18-16-38(22-31(43)44)14-12-37(21-30(41)42)13-15-39(17-19-40)23-32(45)46;/h2-4,6-9,29H,5,10-23H2,1H3,(H,36,47)(H,41,42)(H,43,44)(H,45,46)(H,48,49);/q;+3/p-3. The van der Waals surface area contributed by atoms with E-state index in [9.17, 15) is 44.4 Å². The van der Waals surface area contributed by atoms with Crippen molar-refractivity contribution in [3.63, 3.8) is 0 Å². The average Bonchev–Trinajstić information content (AvgIpc) is 3.03. The number of carbonyl (C=O) groups excluding carboxylic acids is 4. The smallest absolute Gasteiger partial charge is 0.549 e. The zero-order valence-electron chi connectivity index (χ0n) is 28.2. The van der Waals surface area contributed by atoms with Gasteiger partial charge in [-0.25, -0.2) is 0 Å². The number of nitrogens with one attached hydrogen (secondary N) is 1. The van der Waals surface area contributed by atoms with Gasteiger partial charge >= 0.3 is 25.8 Å². The second-order valence-electron chi connectivity index (χ2n) is 12.1. The Morgan fingerprint density at radius 3 is 1.74 bits per heavy atom. The number of nitrogens with zero attached hydrogens (tertiary/aromatic N) is 4. The van der Waals surface area contributed by atoms with Crippen molar-refractivity contribution < 1.29 is 44.4 Å². The van der Waals surface area contributed by atoms with Crippen molar-refractivity contribution in [2.75, 3.05) is 78.5 Å². The van der Waals surface area contributed by atoms with Crippen LogP contribution in [0.1, 0.15) is 39.9 Å². The molecule has 1 saturated heterocycles. The monoisotopic (exact) mass is 769 g/mol. The molecule has 2 aromatic rings. The molecule has 1 aliphatic rings. The maximum absolute atomic E-state index is 13.2. The van der Waals surface area contributed by atoms with Crippen LogP contribution in [0.3, 0.4) is 0 Å². The van der Waals surface area contributed by atoms with Crippen LogP contribution in [0.25, 0.3) is 0 Å². The number of hydrogen-bond acceptors (Lipinski definition) is 12. The first-order valence-corrected chi connectivity index (χ1v) is 16.5. The summed E-state index contributed by atoms with van der Waals surface area (Å²) in [5.41, 5.74) is 3.25. The van der Waals surface area contributed by atoms with E-state index in [0.717, 1.165) is 16.7 Å².